The topological polar surface area (TPSA) is 24.5 Å². The molecule has 106 valence electrons. The molecule has 1 aliphatic heterocycles. The van der Waals surface area contributed by atoms with Gasteiger partial charge in [0.1, 0.15) is 0 Å². The average molecular weight is 254 g/mol. The molecule has 0 aromatic rings. The Hall–Kier alpha value is -0.120. The summed E-state index contributed by atoms with van der Waals surface area (Å²) < 4.78 is 5.85. The predicted octanol–water partition coefficient (Wildman–Crippen LogP) is 2.41. The number of nitrogens with one attached hydrogen (secondary N) is 1. The van der Waals surface area contributed by atoms with Gasteiger partial charge in [0.2, 0.25) is 0 Å². The molecule has 1 saturated carbocycles. The van der Waals surface area contributed by atoms with Gasteiger partial charge in [0.05, 0.1) is 12.2 Å². The molecular formula is C15H30N2O. The number of ether oxygens (including phenoxy) is 1. The standard InChI is InChI=1S/C15H30N2O/c1-14(2,3)18-12-11-17-10-9-16-15(13-17)7-5-4-6-8-15/h16H,4-13H2,1-3H3. The molecule has 2 fully saturated rings. The molecule has 1 saturated heterocycles. The predicted molar refractivity (Wildman–Crippen MR) is 76.0 cm³/mol. The van der Waals surface area contributed by atoms with Crippen LogP contribution in [0.25, 0.3) is 0 Å². The number of hydrogen-bond acceptors (Lipinski definition) is 3. The highest BCUT2D eigenvalue weighted by Crippen LogP contribution is 2.30. The maximum atomic E-state index is 5.85. The minimum atomic E-state index is -0.00341. The highest BCUT2D eigenvalue weighted by Gasteiger charge is 2.35. The zero-order chi connectivity index (χ0) is 13.1. The second-order valence-corrected chi connectivity index (χ2v) is 7.00. The van der Waals surface area contributed by atoms with Crippen LogP contribution < -0.4 is 5.32 Å². The average Bonchev–Trinajstić information content (AvgIpc) is 2.28. The van der Waals surface area contributed by atoms with E-state index < -0.39 is 0 Å². The van der Waals surface area contributed by atoms with Crippen LogP contribution in [-0.2, 0) is 4.74 Å². The molecule has 2 aliphatic rings. The van der Waals surface area contributed by atoms with Gasteiger partial charge in [0, 0.05) is 31.7 Å². The van der Waals surface area contributed by atoms with Crippen LogP contribution in [0.2, 0.25) is 0 Å². The lowest BCUT2D eigenvalue weighted by Crippen LogP contribution is -2.61. The fourth-order valence-electron chi connectivity index (χ4n) is 3.28. The van der Waals surface area contributed by atoms with Crippen LogP contribution in [0, 0.1) is 0 Å². The molecular weight excluding hydrogens is 224 g/mol. The van der Waals surface area contributed by atoms with E-state index in [4.69, 9.17) is 4.74 Å². The summed E-state index contributed by atoms with van der Waals surface area (Å²) in [6.45, 7) is 11.9. The van der Waals surface area contributed by atoms with E-state index in [1.807, 2.05) is 0 Å². The van der Waals surface area contributed by atoms with Crippen LogP contribution in [0.3, 0.4) is 0 Å². The Morgan fingerprint density at radius 2 is 1.89 bits per heavy atom. The van der Waals surface area contributed by atoms with Crippen molar-refractivity contribution in [1.29, 1.82) is 0 Å². The van der Waals surface area contributed by atoms with Crippen molar-refractivity contribution in [2.75, 3.05) is 32.8 Å². The van der Waals surface area contributed by atoms with Crippen LogP contribution in [0.15, 0.2) is 0 Å². The van der Waals surface area contributed by atoms with Crippen molar-refractivity contribution >= 4 is 0 Å². The molecule has 1 N–H and O–H groups in total. The van der Waals surface area contributed by atoms with Crippen LogP contribution in [-0.4, -0.2) is 48.8 Å². The van der Waals surface area contributed by atoms with E-state index in [1.165, 1.54) is 45.2 Å². The first-order chi connectivity index (χ1) is 8.49. The fourth-order valence-corrected chi connectivity index (χ4v) is 3.28. The molecule has 3 nitrogen and oxygen atoms in total. The number of hydrogen-bond donors (Lipinski definition) is 1. The quantitative estimate of drug-likeness (QED) is 0.837. The van der Waals surface area contributed by atoms with Crippen LogP contribution in [0.4, 0.5) is 0 Å². The minimum Gasteiger partial charge on any atom is -0.375 e. The lowest BCUT2D eigenvalue weighted by Gasteiger charge is -2.46. The van der Waals surface area contributed by atoms with E-state index >= 15 is 0 Å². The zero-order valence-electron chi connectivity index (χ0n) is 12.4. The molecule has 0 unspecified atom stereocenters. The summed E-state index contributed by atoms with van der Waals surface area (Å²) >= 11 is 0. The van der Waals surface area contributed by atoms with E-state index in [9.17, 15) is 0 Å². The molecule has 0 amide bonds. The van der Waals surface area contributed by atoms with Crippen molar-refractivity contribution in [3.63, 3.8) is 0 Å². The summed E-state index contributed by atoms with van der Waals surface area (Å²) in [5.74, 6) is 0. The minimum absolute atomic E-state index is 0.00341. The van der Waals surface area contributed by atoms with E-state index in [1.54, 1.807) is 0 Å². The first-order valence-corrected chi connectivity index (χ1v) is 7.61. The third kappa shape index (κ3) is 4.22. The summed E-state index contributed by atoms with van der Waals surface area (Å²) in [6, 6.07) is 0. The van der Waals surface area contributed by atoms with Gasteiger partial charge in [-0.25, -0.2) is 0 Å². The molecule has 0 bridgehead atoms. The van der Waals surface area contributed by atoms with Gasteiger partial charge < -0.3 is 10.1 Å². The fraction of sp³-hybridized carbons (Fsp3) is 1.00. The van der Waals surface area contributed by atoms with Gasteiger partial charge in [-0.1, -0.05) is 19.3 Å². The maximum absolute atomic E-state index is 5.85. The van der Waals surface area contributed by atoms with E-state index in [0.29, 0.717) is 5.54 Å². The Kier molecular flexibility index (Phi) is 4.68. The van der Waals surface area contributed by atoms with Crippen LogP contribution in [0.5, 0.6) is 0 Å². The van der Waals surface area contributed by atoms with Gasteiger partial charge in [0.25, 0.3) is 0 Å². The second-order valence-electron chi connectivity index (χ2n) is 7.00. The first kappa shape index (κ1) is 14.3. The monoisotopic (exact) mass is 254 g/mol. The third-order valence-corrected chi connectivity index (χ3v) is 4.21. The van der Waals surface area contributed by atoms with Gasteiger partial charge >= 0.3 is 0 Å². The summed E-state index contributed by atoms with van der Waals surface area (Å²) in [6.07, 6.45) is 6.96. The summed E-state index contributed by atoms with van der Waals surface area (Å²) in [5, 5.41) is 3.79. The number of piperazine rings is 1. The number of nitrogens with zero attached hydrogens (tertiary/aromatic N) is 1. The van der Waals surface area contributed by atoms with E-state index in [-0.39, 0.29) is 5.60 Å². The van der Waals surface area contributed by atoms with E-state index in [2.05, 4.69) is 31.0 Å². The molecule has 1 aliphatic carbocycles. The van der Waals surface area contributed by atoms with Crippen molar-refractivity contribution < 1.29 is 4.74 Å². The molecule has 0 aromatic heterocycles. The molecule has 3 heteroatoms. The van der Waals surface area contributed by atoms with E-state index in [0.717, 1.165) is 19.7 Å². The summed E-state index contributed by atoms with van der Waals surface area (Å²) in [7, 11) is 0. The Morgan fingerprint density at radius 1 is 1.17 bits per heavy atom. The molecule has 1 spiro atoms. The smallest absolute Gasteiger partial charge is 0.0600 e. The molecule has 0 aromatic carbocycles. The lowest BCUT2D eigenvalue weighted by molar-refractivity contribution is -0.0206. The Morgan fingerprint density at radius 3 is 2.56 bits per heavy atom. The van der Waals surface area contributed by atoms with Crippen molar-refractivity contribution in [1.82, 2.24) is 10.2 Å². The Balaban J connectivity index is 1.76. The Bertz CT molecular complexity index is 248. The first-order valence-electron chi connectivity index (χ1n) is 7.61. The Labute approximate surface area is 112 Å². The second kappa shape index (κ2) is 5.89. The van der Waals surface area contributed by atoms with Gasteiger partial charge in [-0.3, -0.25) is 4.90 Å². The third-order valence-electron chi connectivity index (χ3n) is 4.21. The summed E-state index contributed by atoms with van der Waals surface area (Å²) in [4.78, 5) is 2.59. The maximum Gasteiger partial charge on any atom is 0.0600 e. The van der Waals surface area contributed by atoms with Gasteiger partial charge in [0.15, 0.2) is 0 Å². The largest absolute Gasteiger partial charge is 0.375 e. The lowest BCUT2D eigenvalue weighted by atomic mass is 9.80. The van der Waals surface area contributed by atoms with Crippen LogP contribution in [0.1, 0.15) is 52.9 Å². The van der Waals surface area contributed by atoms with Crippen molar-refractivity contribution in [2.24, 2.45) is 0 Å². The number of rotatable bonds is 3. The molecule has 1 heterocycles. The van der Waals surface area contributed by atoms with Gasteiger partial charge in [-0.15, -0.1) is 0 Å². The van der Waals surface area contributed by atoms with Crippen molar-refractivity contribution in [2.45, 2.75) is 64.0 Å². The van der Waals surface area contributed by atoms with Crippen molar-refractivity contribution in [3.8, 4) is 0 Å². The van der Waals surface area contributed by atoms with Gasteiger partial charge in [-0.05, 0) is 33.6 Å². The highest BCUT2D eigenvalue weighted by molar-refractivity contribution is 4.96. The zero-order valence-corrected chi connectivity index (χ0v) is 12.4. The molecule has 2 rings (SSSR count). The van der Waals surface area contributed by atoms with Crippen LogP contribution >= 0.6 is 0 Å². The summed E-state index contributed by atoms with van der Waals surface area (Å²) in [5.41, 5.74) is 0.425. The van der Waals surface area contributed by atoms with Crippen molar-refractivity contribution in [3.05, 3.63) is 0 Å². The SMILES string of the molecule is CC(C)(C)OCCN1CCNC2(CCCCC2)C1. The normalized spacial score (nSPS) is 25.5. The molecule has 18 heavy (non-hydrogen) atoms. The molecule has 0 atom stereocenters. The van der Waals surface area contributed by atoms with Gasteiger partial charge in [-0.2, -0.15) is 0 Å². The highest BCUT2D eigenvalue weighted by atomic mass is 16.5. The molecule has 0 radical (unpaired) electrons.